The average Bonchev–Trinajstić information content (AvgIpc) is 2.04. The van der Waals surface area contributed by atoms with Crippen LogP contribution in [0.3, 0.4) is 0 Å². The smallest absolute Gasteiger partial charge is 0.744 e. The summed E-state index contributed by atoms with van der Waals surface area (Å²) < 4.78 is 31.6. The molecule has 0 atom stereocenters. The fraction of sp³-hybridized carbons (Fsp3) is 0.111. The Labute approximate surface area is 106 Å². The minimum absolute atomic E-state index is 0. The van der Waals surface area contributed by atoms with E-state index in [-0.39, 0.29) is 34.5 Å². The van der Waals surface area contributed by atoms with E-state index in [1.165, 1.54) is 12.1 Å². The summed E-state index contributed by atoms with van der Waals surface area (Å²) in [6.45, 7) is 1.86. The van der Waals surface area contributed by atoms with Crippen molar-refractivity contribution in [3.05, 3.63) is 35.9 Å². The van der Waals surface area contributed by atoms with E-state index in [0.29, 0.717) is 0 Å². The van der Waals surface area contributed by atoms with Crippen molar-refractivity contribution in [2.24, 2.45) is 0 Å². The molecule has 0 aliphatic carbocycles. The summed E-state index contributed by atoms with van der Waals surface area (Å²) in [6.07, 6.45) is 3.65. The first-order chi connectivity index (χ1) is 6.04. The second kappa shape index (κ2) is 5.68. The van der Waals surface area contributed by atoms with Gasteiger partial charge >= 0.3 is 29.6 Å². The summed E-state index contributed by atoms with van der Waals surface area (Å²) in [4.78, 5) is -0.194. The van der Waals surface area contributed by atoms with E-state index in [1.807, 2.05) is 19.1 Å². The van der Waals surface area contributed by atoms with E-state index in [9.17, 15) is 13.0 Å². The maximum Gasteiger partial charge on any atom is 1.00 e. The van der Waals surface area contributed by atoms with Gasteiger partial charge in [-0.15, -0.1) is 0 Å². The molecule has 0 N–H and O–H groups in total. The minimum Gasteiger partial charge on any atom is -0.744 e. The van der Waals surface area contributed by atoms with Crippen molar-refractivity contribution in [3.8, 4) is 0 Å². The summed E-state index contributed by atoms with van der Waals surface area (Å²) in [5.74, 6) is 0. The normalized spacial score (nSPS) is 11.3. The molecule has 1 aromatic carbocycles. The molecule has 70 valence electrons. The molecule has 0 saturated heterocycles. The molecule has 0 radical (unpaired) electrons. The summed E-state index contributed by atoms with van der Waals surface area (Å²) in [6, 6.07) is 5.78. The number of allylic oxidation sites excluding steroid dienone is 1. The van der Waals surface area contributed by atoms with Crippen molar-refractivity contribution in [3.63, 3.8) is 0 Å². The first-order valence-electron chi connectivity index (χ1n) is 3.72. The molecule has 0 aliphatic rings. The summed E-state index contributed by atoms with van der Waals surface area (Å²) >= 11 is 0. The molecule has 0 heterocycles. The molecule has 0 amide bonds. The predicted octanol–water partition coefficient (Wildman–Crippen LogP) is -1.37. The molecule has 0 saturated carbocycles. The zero-order chi connectivity index (χ0) is 9.90. The maximum absolute atomic E-state index is 10.5. The van der Waals surface area contributed by atoms with Gasteiger partial charge in [-0.25, -0.2) is 8.42 Å². The van der Waals surface area contributed by atoms with Crippen LogP contribution in [0.5, 0.6) is 0 Å². The van der Waals surface area contributed by atoms with E-state index in [4.69, 9.17) is 0 Å². The Hall–Kier alpha value is -0.130. The zero-order valence-electron chi connectivity index (χ0n) is 8.10. The SMILES string of the molecule is C/C=C/c1ccc(S(=O)(=O)[O-])cc1.[Na+]. The fourth-order valence-corrected chi connectivity index (χ4v) is 1.41. The number of hydrogen-bond acceptors (Lipinski definition) is 3. The van der Waals surface area contributed by atoms with Crippen molar-refractivity contribution in [1.29, 1.82) is 0 Å². The molecule has 1 rings (SSSR count). The molecule has 0 spiro atoms. The molecule has 0 bridgehead atoms. The van der Waals surface area contributed by atoms with Crippen LogP contribution in [0.1, 0.15) is 12.5 Å². The minimum atomic E-state index is -4.31. The predicted molar refractivity (Wildman–Crippen MR) is 49.1 cm³/mol. The first kappa shape index (κ1) is 13.9. The largest absolute Gasteiger partial charge is 1.00 e. The third-order valence-corrected chi connectivity index (χ3v) is 2.38. The Balaban J connectivity index is 0.00000169. The van der Waals surface area contributed by atoms with Gasteiger partial charge in [-0.2, -0.15) is 0 Å². The van der Waals surface area contributed by atoms with Crippen molar-refractivity contribution >= 4 is 16.2 Å². The number of benzene rings is 1. The van der Waals surface area contributed by atoms with Crippen molar-refractivity contribution < 1.29 is 42.5 Å². The molecule has 1 aromatic rings. The standard InChI is InChI=1S/C9H10O3S.Na/c1-2-3-8-4-6-9(7-5-8)13(10,11)12;/h2-7H,1H3,(H,10,11,12);/q;+1/p-1/b3-2+;. The van der Waals surface area contributed by atoms with Gasteiger partial charge in [-0.3, -0.25) is 0 Å². The molecule has 5 heteroatoms. The molecule has 0 fully saturated rings. The van der Waals surface area contributed by atoms with E-state index in [1.54, 1.807) is 12.1 Å². The number of rotatable bonds is 2. The van der Waals surface area contributed by atoms with Crippen LogP contribution in [-0.2, 0) is 10.1 Å². The van der Waals surface area contributed by atoms with Gasteiger partial charge in [-0.1, -0.05) is 24.3 Å². The third-order valence-electron chi connectivity index (χ3n) is 1.53. The molecular formula is C9H9NaO3S. The molecule has 3 nitrogen and oxygen atoms in total. The van der Waals surface area contributed by atoms with Gasteiger partial charge in [0.2, 0.25) is 0 Å². The first-order valence-corrected chi connectivity index (χ1v) is 5.13. The van der Waals surface area contributed by atoms with E-state index in [2.05, 4.69) is 0 Å². The second-order valence-electron chi connectivity index (χ2n) is 2.52. The van der Waals surface area contributed by atoms with Gasteiger partial charge < -0.3 is 4.55 Å². The topological polar surface area (TPSA) is 57.2 Å². The third kappa shape index (κ3) is 3.94. The van der Waals surface area contributed by atoms with Crippen LogP contribution in [0, 0.1) is 0 Å². The monoisotopic (exact) mass is 220 g/mol. The van der Waals surface area contributed by atoms with E-state index < -0.39 is 10.1 Å². The van der Waals surface area contributed by atoms with E-state index >= 15 is 0 Å². The maximum atomic E-state index is 10.5. The van der Waals surface area contributed by atoms with Gasteiger partial charge in [0.1, 0.15) is 10.1 Å². The average molecular weight is 220 g/mol. The summed E-state index contributed by atoms with van der Waals surface area (Å²) in [5.41, 5.74) is 0.870. The van der Waals surface area contributed by atoms with Crippen molar-refractivity contribution in [1.82, 2.24) is 0 Å². The Morgan fingerprint density at radius 3 is 2.07 bits per heavy atom. The summed E-state index contributed by atoms with van der Waals surface area (Å²) in [7, 11) is -4.31. The Bertz CT molecular complexity index is 406. The van der Waals surface area contributed by atoms with Crippen LogP contribution in [0.15, 0.2) is 35.2 Å². The molecule has 14 heavy (non-hydrogen) atoms. The van der Waals surface area contributed by atoms with Gasteiger partial charge in [0, 0.05) is 0 Å². The van der Waals surface area contributed by atoms with Crippen LogP contribution >= 0.6 is 0 Å². The Kier molecular flexibility index (Phi) is 5.63. The molecule has 0 aliphatic heterocycles. The van der Waals surface area contributed by atoms with Gasteiger partial charge in [0.15, 0.2) is 0 Å². The van der Waals surface area contributed by atoms with Crippen molar-refractivity contribution in [2.75, 3.05) is 0 Å². The van der Waals surface area contributed by atoms with Crippen LogP contribution in [0.4, 0.5) is 0 Å². The Morgan fingerprint density at radius 1 is 1.21 bits per heavy atom. The molecule has 0 unspecified atom stereocenters. The van der Waals surface area contributed by atoms with Crippen LogP contribution < -0.4 is 29.6 Å². The molecule has 0 aromatic heterocycles. The zero-order valence-corrected chi connectivity index (χ0v) is 10.9. The molecular weight excluding hydrogens is 211 g/mol. The van der Waals surface area contributed by atoms with Crippen LogP contribution in [-0.4, -0.2) is 13.0 Å². The quantitative estimate of drug-likeness (QED) is 0.456. The second-order valence-corrected chi connectivity index (χ2v) is 3.90. The fourth-order valence-electron chi connectivity index (χ4n) is 0.938. The van der Waals surface area contributed by atoms with Gasteiger partial charge in [-0.05, 0) is 24.6 Å². The van der Waals surface area contributed by atoms with Gasteiger partial charge in [0.25, 0.3) is 0 Å². The number of hydrogen-bond donors (Lipinski definition) is 0. The van der Waals surface area contributed by atoms with Crippen molar-refractivity contribution in [2.45, 2.75) is 11.8 Å². The van der Waals surface area contributed by atoms with Crippen LogP contribution in [0.2, 0.25) is 0 Å². The van der Waals surface area contributed by atoms with Gasteiger partial charge in [0.05, 0.1) is 4.90 Å². The van der Waals surface area contributed by atoms with E-state index in [0.717, 1.165) is 5.56 Å². The van der Waals surface area contributed by atoms with Crippen LogP contribution in [0.25, 0.3) is 6.08 Å². The Morgan fingerprint density at radius 2 is 1.71 bits per heavy atom. The summed E-state index contributed by atoms with van der Waals surface area (Å²) in [5, 5.41) is 0.